The molecule has 2 rings (SSSR count). The van der Waals surface area contributed by atoms with Crippen LogP contribution in [-0.2, 0) is 11.2 Å². The van der Waals surface area contributed by atoms with Gasteiger partial charge in [0.05, 0.1) is 0 Å². The predicted molar refractivity (Wildman–Crippen MR) is 105 cm³/mol. The van der Waals surface area contributed by atoms with E-state index in [1.165, 1.54) is 22.3 Å². The Morgan fingerprint density at radius 2 is 1.88 bits per heavy atom. The van der Waals surface area contributed by atoms with E-state index in [4.69, 9.17) is 4.74 Å². The molecule has 1 amide bonds. The molecule has 0 aromatic heterocycles. The second kappa shape index (κ2) is 8.07. The molecule has 25 heavy (non-hydrogen) atoms. The minimum atomic E-state index is -0.430. The summed E-state index contributed by atoms with van der Waals surface area (Å²) in [6, 6.07) is 6.80. The lowest BCUT2D eigenvalue weighted by Crippen LogP contribution is -2.41. The number of carbonyl (C=O) groups excluding carboxylic acids is 1. The number of amides is 1. The van der Waals surface area contributed by atoms with Crippen molar-refractivity contribution in [3.05, 3.63) is 41.5 Å². The van der Waals surface area contributed by atoms with E-state index in [0.29, 0.717) is 5.92 Å². The minimum Gasteiger partial charge on any atom is -0.444 e. The number of rotatable bonds is 4. The molecule has 138 valence electrons. The molecule has 1 aliphatic heterocycles. The topological polar surface area (TPSA) is 29.5 Å². The first-order valence-electron chi connectivity index (χ1n) is 9.54. The van der Waals surface area contributed by atoms with Crippen molar-refractivity contribution in [1.29, 1.82) is 0 Å². The van der Waals surface area contributed by atoms with Crippen LogP contribution in [0.1, 0.15) is 76.5 Å². The van der Waals surface area contributed by atoms with Crippen LogP contribution in [0.2, 0.25) is 0 Å². The van der Waals surface area contributed by atoms with E-state index in [0.717, 1.165) is 38.8 Å². The zero-order valence-corrected chi connectivity index (χ0v) is 16.5. The van der Waals surface area contributed by atoms with E-state index in [-0.39, 0.29) is 6.09 Å². The van der Waals surface area contributed by atoms with Crippen molar-refractivity contribution in [3.8, 4) is 0 Å². The molecule has 0 spiro atoms. The van der Waals surface area contributed by atoms with Crippen molar-refractivity contribution in [2.24, 2.45) is 0 Å². The van der Waals surface area contributed by atoms with Gasteiger partial charge in [0.2, 0.25) is 0 Å². The van der Waals surface area contributed by atoms with Crippen LogP contribution in [0.5, 0.6) is 0 Å². The van der Waals surface area contributed by atoms with Crippen molar-refractivity contribution in [3.63, 3.8) is 0 Å². The first kappa shape index (κ1) is 19.6. The monoisotopic (exact) mass is 343 g/mol. The van der Waals surface area contributed by atoms with Crippen LogP contribution < -0.4 is 0 Å². The van der Waals surface area contributed by atoms with E-state index >= 15 is 0 Å². The first-order chi connectivity index (χ1) is 11.7. The molecule has 0 N–H and O–H groups in total. The second-order valence-electron chi connectivity index (χ2n) is 7.97. The highest BCUT2D eigenvalue weighted by molar-refractivity contribution is 5.68. The van der Waals surface area contributed by atoms with Gasteiger partial charge in [-0.05, 0) is 74.6 Å². The average Bonchev–Trinajstić information content (AvgIpc) is 2.59. The Kier molecular flexibility index (Phi) is 6.31. The quantitative estimate of drug-likeness (QED) is 0.693. The van der Waals surface area contributed by atoms with Gasteiger partial charge in [-0.2, -0.15) is 0 Å². The lowest BCUT2D eigenvalue weighted by atomic mass is 9.84. The normalized spacial score (nSPS) is 16.0. The third-order valence-corrected chi connectivity index (χ3v) is 4.95. The fourth-order valence-electron chi connectivity index (χ4n) is 3.43. The number of benzene rings is 1. The number of hydrogen-bond acceptors (Lipinski definition) is 2. The summed E-state index contributed by atoms with van der Waals surface area (Å²) in [7, 11) is 0. The van der Waals surface area contributed by atoms with Gasteiger partial charge in [-0.25, -0.2) is 4.79 Å². The molecular weight excluding hydrogens is 310 g/mol. The van der Waals surface area contributed by atoms with Gasteiger partial charge in [0, 0.05) is 13.1 Å². The number of piperidine rings is 1. The van der Waals surface area contributed by atoms with Gasteiger partial charge in [0.1, 0.15) is 5.60 Å². The maximum atomic E-state index is 12.2. The highest BCUT2D eigenvalue weighted by Crippen LogP contribution is 2.33. The standard InChI is InChI=1S/C22H33NO2/c1-7-16(3)19-9-10-20(17(8-2)15-19)18-11-13-23(14-12-18)21(24)25-22(4,5)6/h9-10,15,18H,3,7-8,11-14H2,1-2,4-6H3. The van der Waals surface area contributed by atoms with Crippen molar-refractivity contribution < 1.29 is 9.53 Å². The molecule has 1 saturated heterocycles. The van der Waals surface area contributed by atoms with Crippen molar-refractivity contribution in [2.45, 2.75) is 71.8 Å². The molecule has 0 unspecified atom stereocenters. The van der Waals surface area contributed by atoms with Gasteiger partial charge >= 0.3 is 6.09 Å². The van der Waals surface area contributed by atoms with E-state index in [1.54, 1.807) is 0 Å². The molecule has 1 aromatic carbocycles. The van der Waals surface area contributed by atoms with Crippen LogP contribution in [0.15, 0.2) is 24.8 Å². The fourth-order valence-corrected chi connectivity index (χ4v) is 3.43. The third kappa shape index (κ3) is 5.10. The van der Waals surface area contributed by atoms with Crippen LogP contribution in [0.25, 0.3) is 5.57 Å². The first-order valence-corrected chi connectivity index (χ1v) is 9.54. The summed E-state index contributed by atoms with van der Waals surface area (Å²) >= 11 is 0. The molecule has 0 aliphatic carbocycles. The molecule has 0 bridgehead atoms. The number of aryl methyl sites for hydroxylation is 1. The molecule has 1 fully saturated rings. The van der Waals surface area contributed by atoms with Gasteiger partial charge < -0.3 is 9.64 Å². The highest BCUT2D eigenvalue weighted by atomic mass is 16.6. The van der Waals surface area contributed by atoms with Gasteiger partial charge in [-0.1, -0.05) is 38.6 Å². The maximum Gasteiger partial charge on any atom is 0.410 e. The molecule has 0 saturated carbocycles. The second-order valence-corrected chi connectivity index (χ2v) is 7.97. The largest absolute Gasteiger partial charge is 0.444 e. The van der Waals surface area contributed by atoms with E-state index in [2.05, 4.69) is 38.6 Å². The number of ether oxygens (including phenoxy) is 1. The molecule has 3 nitrogen and oxygen atoms in total. The van der Waals surface area contributed by atoms with Crippen LogP contribution in [0, 0.1) is 0 Å². The van der Waals surface area contributed by atoms with Crippen molar-refractivity contribution in [2.75, 3.05) is 13.1 Å². The summed E-state index contributed by atoms with van der Waals surface area (Å²) in [4.78, 5) is 14.1. The van der Waals surface area contributed by atoms with Crippen molar-refractivity contribution in [1.82, 2.24) is 4.90 Å². The predicted octanol–water partition coefficient (Wildman–Crippen LogP) is 5.79. The zero-order valence-electron chi connectivity index (χ0n) is 16.5. The SMILES string of the molecule is C=C(CC)c1ccc(C2CCN(C(=O)OC(C)(C)C)CC2)c(CC)c1. The number of hydrogen-bond donors (Lipinski definition) is 0. The lowest BCUT2D eigenvalue weighted by molar-refractivity contribution is 0.0204. The molecule has 1 aliphatic rings. The van der Waals surface area contributed by atoms with E-state index < -0.39 is 5.60 Å². The summed E-state index contributed by atoms with van der Waals surface area (Å²) in [5.74, 6) is 0.526. The molecule has 0 radical (unpaired) electrons. The van der Waals surface area contributed by atoms with E-state index in [1.807, 2.05) is 25.7 Å². The summed E-state index contributed by atoms with van der Waals surface area (Å²) in [6.07, 6.45) is 3.83. The minimum absolute atomic E-state index is 0.184. The Labute approximate surface area is 153 Å². The van der Waals surface area contributed by atoms with Gasteiger partial charge in [-0.15, -0.1) is 0 Å². The summed E-state index contributed by atoms with van der Waals surface area (Å²) in [5.41, 5.74) is 4.89. The number of likely N-dealkylation sites (tertiary alicyclic amines) is 1. The summed E-state index contributed by atoms with van der Waals surface area (Å²) < 4.78 is 5.49. The third-order valence-electron chi connectivity index (χ3n) is 4.95. The average molecular weight is 344 g/mol. The fraction of sp³-hybridized carbons (Fsp3) is 0.591. The lowest BCUT2D eigenvalue weighted by Gasteiger charge is -2.34. The zero-order chi connectivity index (χ0) is 18.6. The maximum absolute atomic E-state index is 12.2. The van der Waals surface area contributed by atoms with Crippen molar-refractivity contribution >= 4 is 11.7 Å². The molecular formula is C22H33NO2. The smallest absolute Gasteiger partial charge is 0.410 e. The number of allylic oxidation sites excluding steroid dienone is 1. The summed E-state index contributed by atoms with van der Waals surface area (Å²) in [6.45, 7) is 15.8. The summed E-state index contributed by atoms with van der Waals surface area (Å²) in [5, 5.41) is 0. The number of nitrogens with zero attached hydrogens (tertiary/aromatic N) is 1. The van der Waals surface area contributed by atoms with Gasteiger partial charge in [0.25, 0.3) is 0 Å². The molecule has 0 atom stereocenters. The molecule has 1 aromatic rings. The molecule has 1 heterocycles. The Morgan fingerprint density at radius 1 is 1.24 bits per heavy atom. The van der Waals surface area contributed by atoms with E-state index in [9.17, 15) is 4.79 Å². The molecule has 3 heteroatoms. The number of carbonyl (C=O) groups is 1. The Hall–Kier alpha value is -1.77. The van der Waals surface area contributed by atoms with Gasteiger partial charge in [0.15, 0.2) is 0 Å². The van der Waals surface area contributed by atoms with Crippen LogP contribution in [-0.4, -0.2) is 29.7 Å². The van der Waals surface area contributed by atoms with Crippen LogP contribution in [0.4, 0.5) is 4.79 Å². The highest BCUT2D eigenvalue weighted by Gasteiger charge is 2.28. The Balaban J connectivity index is 2.05. The van der Waals surface area contributed by atoms with Gasteiger partial charge in [-0.3, -0.25) is 0 Å². The Bertz CT molecular complexity index is 619. The van der Waals surface area contributed by atoms with Crippen LogP contribution in [0.3, 0.4) is 0 Å². The Morgan fingerprint density at radius 3 is 2.40 bits per heavy atom. The van der Waals surface area contributed by atoms with Crippen LogP contribution >= 0.6 is 0 Å².